The lowest BCUT2D eigenvalue weighted by Crippen LogP contribution is -2.36. The topological polar surface area (TPSA) is 3.24 Å². The summed E-state index contributed by atoms with van der Waals surface area (Å²) in [4.78, 5) is 2.86. The van der Waals surface area contributed by atoms with E-state index >= 15 is 0 Å². The Balaban J connectivity index is 1.55. The number of fused-ring (bicyclic) bond motifs is 1. The summed E-state index contributed by atoms with van der Waals surface area (Å²) >= 11 is 0. The predicted octanol–water partition coefficient (Wildman–Crippen LogP) is 4.92. The molecule has 0 saturated carbocycles. The molecule has 0 aromatic heterocycles. The van der Waals surface area contributed by atoms with Crippen LogP contribution in [0.1, 0.15) is 77.6 Å². The van der Waals surface area contributed by atoms with Crippen LogP contribution >= 0.6 is 0 Å². The summed E-state index contributed by atoms with van der Waals surface area (Å²) in [7, 11) is 0. The van der Waals surface area contributed by atoms with Crippen LogP contribution in [0.25, 0.3) is 0 Å². The molecule has 0 aromatic carbocycles. The highest BCUT2D eigenvalue weighted by molar-refractivity contribution is 4.95. The molecule has 2 saturated heterocycles. The van der Waals surface area contributed by atoms with Gasteiger partial charge < -0.3 is 0 Å². The van der Waals surface area contributed by atoms with Crippen molar-refractivity contribution < 1.29 is 0 Å². The van der Waals surface area contributed by atoms with E-state index < -0.39 is 0 Å². The van der Waals surface area contributed by atoms with Crippen molar-refractivity contribution in [1.29, 1.82) is 0 Å². The van der Waals surface area contributed by atoms with Crippen LogP contribution in [0.4, 0.5) is 0 Å². The van der Waals surface area contributed by atoms with E-state index in [2.05, 4.69) is 18.4 Å². The normalized spacial score (nSPS) is 31.7. The van der Waals surface area contributed by atoms with Gasteiger partial charge in [-0.1, -0.05) is 31.8 Å². The Bertz CT molecular complexity index is 248. The zero-order valence-electron chi connectivity index (χ0n) is 12.2. The third-order valence-corrected chi connectivity index (χ3v) is 5.05. The molecule has 2 aliphatic heterocycles. The first-order valence-electron chi connectivity index (χ1n) is 8.21. The van der Waals surface area contributed by atoms with Gasteiger partial charge in [-0.3, -0.25) is 4.90 Å². The highest BCUT2D eigenvalue weighted by Gasteiger charge is 2.39. The Morgan fingerprint density at radius 2 is 1.72 bits per heavy atom. The van der Waals surface area contributed by atoms with Crippen molar-refractivity contribution in [3.8, 4) is 0 Å². The maximum atomic E-state index is 3.78. The van der Waals surface area contributed by atoms with Crippen molar-refractivity contribution in [3.63, 3.8) is 0 Å². The zero-order chi connectivity index (χ0) is 12.8. The van der Waals surface area contributed by atoms with Gasteiger partial charge in [0.15, 0.2) is 0 Å². The number of nitrogens with zero attached hydrogens (tertiary/aromatic N) is 1. The van der Waals surface area contributed by atoms with Gasteiger partial charge in [-0.15, -0.1) is 6.58 Å². The summed E-state index contributed by atoms with van der Waals surface area (Å²) in [6.07, 6.45) is 17.7. The molecule has 2 rings (SSSR count). The van der Waals surface area contributed by atoms with Gasteiger partial charge >= 0.3 is 0 Å². The zero-order valence-corrected chi connectivity index (χ0v) is 12.2. The van der Waals surface area contributed by atoms with E-state index in [1.807, 2.05) is 6.08 Å². The molecule has 0 unspecified atom stereocenters. The van der Waals surface area contributed by atoms with Gasteiger partial charge in [-0.2, -0.15) is 0 Å². The average molecular weight is 249 g/mol. The molecule has 0 N–H and O–H groups in total. The Morgan fingerprint density at radius 3 is 2.56 bits per heavy atom. The number of allylic oxidation sites excluding steroid dienone is 1. The monoisotopic (exact) mass is 249 g/mol. The smallest absolute Gasteiger partial charge is 0.0102 e. The summed E-state index contributed by atoms with van der Waals surface area (Å²) in [5.41, 5.74) is 0. The first-order valence-corrected chi connectivity index (χ1v) is 8.21. The van der Waals surface area contributed by atoms with Crippen LogP contribution in [-0.4, -0.2) is 23.0 Å². The lowest BCUT2D eigenvalue weighted by Gasteiger charge is -2.28. The van der Waals surface area contributed by atoms with E-state index in [-0.39, 0.29) is 0 Å². The van der Waals surface area contributed by atoms with Gasteiger partial charge in [0.2, 0.25) is 0 Å². The highest BCUT2D eigenvalue weighted by atomic mass is 15.3. The first kappa shape index (κ1) is 14.1. The molecule has 1 heteroatoms. The quantitative estimate of drug-likeness (QED) is 0.436. The summed E-state index contributed by atoms with van der Waals surface area (Å²) < 4.78 is 0. The molecule has 2 aliphatic rings. The largest absolute Gasteiger partial charge is 0.295 e. The molecular formula is C17H31N. The molecule has 0 spiro atoms. The minimum Gasteiger partial charge on any atom is -0.295 e. The van der Waals surface area contributed by atoms with Gasteiger partial charge in [-0.05, 0) is 51.9 Å². The second-order valence-electron chi connectivity index (χ2n) is 6.39. The number of hydrogen-bond donors (Lipinski definition) is 0. The van der Waals surface area contributed by atoms with Gasteiger partial charge in [0.25, 0.3) is 0 Å². The Kier molecular flexibility index (Phi) is 5.75. The molecule has 18 heavy (non-hydrogen) atoms. The van der Waals surface area contributed by atoms with Crippen LogP contribution in [0.3, 0.4) is 0 Å². The number of rotatable bonds is 8. The molecule has 0 amide bonds. The van der Waals surface area contributed by atoms with E-state index in [4.69, 9.17) is 0 Å². The van der Waals surface area contributed by atoms with Gasteiger partial charge in [-0.25, -0.2) is 0 Å². The summed E-state index contributed by atoms with van der Waals surface area (Å²) in [6.45, 7) is 6.22. The van der Waals surface area contributed by atoms with Gasteiger partial charge in [0, 0.05) is 18.1 Å². The number of unbranched alkanes of at least 4 members (excludes halogenated alkanes) is 5. The molecule has 0 aliphatic carbocycles. The predicted molar refractivity (Wildman–Crippen MR) is 79.9 cm³/mol. The molecule has 1 nitrogen and oxygen atoms in total. The Hall–Kier alpha value is -0.300. The minimum absolute atomic E-state index is 0.870. The lowest BCUT2D eigenvalue weighted by molar-refractivity contribution is 0.180. The summed E-state index contributed by atoms with van der Waals surface area (Å²) in [5.74, 6) is 0. The van der Waals surface area contributed by atoms with Crippen LogP contribution in [0.2, 0.25) is 0 Å². The van der Waals surface area contributed by atoms with Crippen LogP contribution in [0, 0.1) is 0 Å². The fraction of sp³-hybridized carbons (Fsp3) is 0.882. The lowest BCUT2D eigenvalue weighted by atomic mass is 10.0. The van der Waals surface area contributed by atoms with E-state index in [1.54, 1.807) is 0 Å². The Labute approximate surface area is 114 Å². The molecule has 0 aromatic rings. The standard InChI is InChI=1S/C17H31N/c1-3-4-5-6-7-8-9-10-16-13-14-17-12-11-15(2)18(16)17/h3,15-17H,1,4-14H2,2H3/t15-,16+,17+/m1/s1. The van der Waals surface area contributed by atoms with Crippen LogP contribution in [-0.2, 0) is 0 Å². The maximum Gasteiger partial charge on any atom is 0.0102 e. The second kappa shape index (κ2) is 7.33. The highest BCUT2D eigenvalue weighted by Crippen LogP contribution is 2.38. The minimum atomic E-state index is 0.870. The van der Waals surface area contributed by atoms with Gasteiger partial charge in [0.1, 0.15) is 0 Å². The molecule has 104 valence electrons. The first-order chi connectivity index (χ1) is 8.83. The van der Waals surface area contributed by atoms with E-state index in [1.165, 1.54) is 70.6 Å². The molecule has 0 radical (unpaired) electrons. The van der Waals surface area contributed by atoms with Crippen molar-refractivity contribution in [2.24, 2.45) is 0 Å². The van der Waals surface area contributed by atoms with Crippen LogP contribution in [0.15, 0.2) is 12.7 Å². The van der Waals surface area contributed by atoms with Crippen molar-refractivity contribution in [1.82, 2.24) is 4.90 Å². The maximum absolute atomic E-state index is 3.78. The Morgan fingerprint density at radius 1 is 1.00 bits per heavy atom. The van der Waals surface area contributed by atoms with Crippen molar-refractivity contribution >= 4 is 0 Å². The third-order valence-electron chi connectivity index (χ3n) is 5.05. The SMILES string of the molecule is C=CCCCCCCC[C@H]1CC[C@@H]2CC[C@@H](C)N21. The van der Waals surface area contributed by atoms with E-state index in [0.717, 1.165) is 18.1 Å². The van der Waals surface area contributed by atoms with E-state index in [0.29, 0.717) is 0 Å². The average Bonchev–Trinajstić information content (AvgIpc) is 2.93. The fourth-order valence-electron chi connectivity index (χ4n) is 4.07. The fourth-order valence-corrected chi connectivity index (χ4v) is 4.07. The second-order valence-corrected chi connectivity index (χ2v) is 6.39. The van der Waals surface area contributed by atoms with Crippen LogP contribution < -0.4 is 0 Å². The number of hydrogen-bond acceptors (Lipinski definition) is 1. The van der Waals surface area contributed by atoms with E-state index in [9.17, 15) is 0 Å². The van der Waals surface area contributed by atoms with Crippen molar-refractivity contribution in [3.05, 3.63) is 12.7 Å². The summed E-state index contributed by atoms with van der Waals surface area (Å²) in [5, 5.41) is 0. The molecule has 0 bridgehead atoms. The van der Waals surface area contributed by atoms with Crippen molar-refractivity contribution in [2.75, 3.05) is 0 Å². The summed E-state index contributed by atoms with van der Waals surface area (Å²) in [6, 6.07) is 2.76. The third kappa shape index (κ3) is 3.60. The molecule has 2 fully saturated rings. The molecule has 3 atom stereocenters. The van der Waals surface area contributed by atoms with Gasteiger partial charge in [0.05, 0.1) is 0 Å². The molecule has 2 heterocycles. The van der Waals surface area contributed by atoms with Crippen molar-refractivity contribution in [2.45, 2.75) is 95.7 Å². The molecular weight excluding hydrogens is 218 g/mol. The van der Waals surface area contributed by atoms with Crippen LogP contribution in [0.5, 0.6) is 0 Å².